The fraction of sp³-hybridized carbons (Fsp3) is 0.375. The average Bonchev–Trinajstić information content (AvgIpc) is 2.68. The molecular formula is C8H13N5O2. The van der Waals surface area contributed by atoms with Gasteiger partial charge in [0.2, 0.25) is 0 Å². The van der Waals surface area contributed by atoms with Crippen LogP contribution in [0.3, 0.4) is 0 Å². The molecule has 1 rings (SSSR count). The van der Waals surface area contributed by atoms with Gasteiger partial charge in [0.1, 0.15) is 11.7 Å². The van der Waals surface area contributed by atoms with Crippen LogP contribution in [-0.2, 0) is 4.79 Å². The second-order valence-corrected chi connectivity index (χ2v) is 2.98. The molecule has 1 aromatic heterocycles. The van der Waals surface area contributed by atoms with Crippen LogP contribution in [0.4, 0.5) is 0 Å². The minimum atomic E-state index is -0.628. The third kappa shape index (κ3) is 2.32. The van der Waals surface area contributed by atoms with Gasteiger partial charge in [0, 0.05) is 6.20 Å². The molecule has 2 amide bonds. The summed E-state index contributed by atoms with van der Waals surface area (Å²) in [6.45, 7) is 1.81. The summed E-state index contributed by atoms with van der Waals surface area (Å²) in [7, 11) is 0. The van der Waals surface area contributed by atoms with Crippen LogP contribution in [-0.4, -0.2) is 21.6 Å². The SMILES string of the molecule is CCC(C(=O)NN)n1ccc(C(N)=O)n1. The van der Waals surface area contributed by atoms with Crippen molar-refractivity contribution in [1.82, 2.24) is 15.2 Å². The van der Waals surface area contributed by atoms with Crippen LogP contribution >= 0.6 is 0 Å². The predicted molar refractivity (Wildman–Crippen MR) is 52.4 cm³/mol. The molecule has 1 unspecified atom stereocenters. The first-order valence-electron chi connectivity index (χ1n) is 4.45. The molecule has 0 radical (unpaired) electrons. The van der Waals surface area contributed by atoms with Crippen molar-refractivity contribution >= 4 is 11.8 Å². The average molecular weight is 211 g/mol. The maximum absolute atomic E-state index is 11.3. The van der Waals surface area contributed by atoms with Gasteiger partial charge in [-0.2, -0.15) is 5.10 Å². The maximum Gasteiger partial charge on any atom is 0.269 e. The summed E-state index contributed by atoms with van der Waals surface area (Å²) in [5.74, 6) is 4.03. The van der Waals surface area contributed by atoms with Crippen molar-refractivity contribution in [1.29, 1.82) is 0 Å². The first-order valence-corrected chi connectivity index (χ1v) is 4.45. The molecule has 1 atom stereocenters. The number of hydrazine groups is 1. The van der Waals surface area contributed by atoms with Gasteiger partial charge < -0.3 is 5.73 Å². The van der Waals surface area contributed by atoms with E-state index in [9.17, 15) is 9.59 Å². The van der Waals surface area contributed by atoms with Gasteiger partial charge in [-0.25, -0.2) is 5.84 Å². The van der Waals surface area contributed by atoms with E-state index in [2.05, 4.69) is 5.10 Å². The van der Waals surface area contributed by atoms with E-state index in [-0.39, 0.29) is 11.6 Å². The minimum Gasteiger partial charge on any atom is -0.364 e. The van der Waals surface area contributed by atoms with Crippen molar-refractivity contribution in [2.24, 2.45) is 11.6 Å². The van der Waals surface area contributed by atoms with Crippen molar-refractivity contribution in [3.05, 3.63) is 18.0 Å². The highest BCUT2D eigenvalue weighted by molar-refractivity contribution is 5.90. The number of rotatable bonds is 4. The normalized spacial score (nSPS) is 12.1. The standard InChI is InChI=1S/C8H13N5O2/c1-2-6(8(15)11-10)13-4-3-5(12-13)7(9)14/h3-4,6H,2,10H2,1H3,(H2,9,14)(H,11,15). The lowest BCUT2D eigenvalue weighted by Gasteiger charge is -2.12. The topological polar surface area (TPSA) is 116 Å². The lowest BCUT2D eigenvalue weighted by molar-refractivity contribution is -0.124. The monoisotopic (exact) mass is 211 g/mol. The first kappa shape index (κ1) is 11.2. The second kappa shape index (κ2) is 4.56. The Balaban J connectivity index is 2.92. The Labute approximate surface area is 86.4 Å². The zero-order chi connectivity index (χ0) is 11.4. The Kier molecular flexibility index (Phi) is 3.40. The van der Waals surface area contributed by atoms with Crippen molar-refractivity contribution in [2.45, 2.75) is 19.4 Å². The van der Waals surface area contributed by atoms with E-state index < -0.39 is 11.9 Å². The predicted octanol–water partition coefficient (Wildman–Crippen LogP) is -1.08. The van der Waals surface area contributed by atoms with E-state index >= 15 is 0 Å². The van der Waals surface area contributed by atoms with Crippen LogP contribution in [0.15, 0.2) is 12.3 Å². The van der Waals surface area contributed by atoms with Gasteiger partial charge in [-0.15, -0.1) is 0 Å². The molecule has 1 heterocycles. The number of nitrogens with two attached hydrogens (primary N) is 2. The molecular weight excluding hydrogens is 198 g/mol. The van der Waals surface area contributed by atoms with E-state index in [0.717, 1.165) is 0 Å². The maximum atomic E-state index is 11.3. The van der Waals surface area contributed by atoms with E-state index in [1.54, 1.807) is 0 Å². The van der Waals surface area contributed by atoms with Gasteiger partial charge >= 0.3 is 0 Å². The highest BCUT2D eigenvalue weighted by atomic mass is 16.2. The van der Waals surface area contributed by atoms with Gasteiger partial charge in [0.15, 0.2) is 0 Å². The van der Waals surface area contributed by atoms with Crippen LogP contribution in [0.2, 0.25) is 0 Å². The zero-order valence-electron chi connectivity index (χ0n) is 8.30. The molecule has 0 saturated heterocycles. The Morgan fingerprint density at radius 2 is 2.33 bits per heavy atom. The third-order valence-electron chi connectivity index (χ3n) is 2.01. The second-order valence-electron chi connectivity index (χ2n) is 2.98. The van der Waals surface area contributed by atoms with Gasteiger partial charge in [0.25, 0.3) is 11.8 Å². The molecule has 82 valence electrons. The Morgan fingerprint density at radius 3 is 2.73 bits per heavy atom. The highest BCUT2D eigenvalue weighted by Gasteiger charge is 2.19. The van der Waals surface area contributed by atoms with E-state index in [0.29, 0.717) is 6.42 Å². The quantitative estimate of drug-likeness (QED) is 0.334. The van der Waals surface area contributed by atoms with Crippen molar-refractivity contribution in [3.8, 4) is 0 Å². The number of nitrogens with zero attached hydrogens (tertiary/aromatic N) is 2. The summed E-state index contributed by atoms with van der Waals surface area (Å²) in [6.07, 6.45) is 2.03. The summed E-state index contributed by atoms with van der Waals surface area (Å²) in [5, 5.41) is 3.88. The number of hydrogen-bond donors (Lipinski definition) is 3. The summed E-state index contributed by atoms with van der Waals surface area (Å²) in [5.41, 5.74) is 7.20. The van der Waals surface area contributed by atoms with Gasteiger partial charge in [0.05, 0.1) is 0 Å². The van der Waals surface area contributed by atoms with Crippen molar-refractivity contribution in [2.75, 3.05) is 0 Å². The molecule has 0 aliphatic carbocycles. The molecule has 0 aromatic carbocycles. The summed E-state index contributed by atoms with van der Waals surface area (Å²) >= 11 is 0. The van der Waals surface area contributed by atoms with E-state index in [1.807, 2.05) is 12.3 Å². The van der Waals surface area contributed by atoms with Crippen LogP contribution in [0.5, 0.6) is 0 Å². The third-order valence-corrected chi connectivity index (χ3v) is 2.01. The minimum absolute atomic E-state index is 0.123. The molecule has 0 fully saturated rings. The zero-order valence-corrected chi connectivity index (χ0v) is 8.30. The van der Waals surface area contributed by atoms with Crippen LogP contribution < -0.4 is 17.0 Å². The van der Waals surface area contributed by atoms with E-state index in [4.69, 9.17) is 11.6 Å². The van der Waals surface area contributed by atoms with Gasteiger partial charge in [-0.3, -0.25) is 19.7 Å². The number of hydrogen-bond acceptors (Lipinski definition) is 4. The van der Waals surface area contributed by atoms with E-state index in [1.165, 1.54) is 16.9 Å². The number of carbonyl (C=O) groups excluding carboxylic acids is 2. The number of carbonyl (C=O) groups is 2. The largest absolute Gasteiger partial charge is 0.364 e. The Morgan fingerprint density at radius 1 is 1.67 bits per heavy atom. The van der Waals surface area contributed by atoms with Crippen LogP contribution in [0, 0.1) is 0 Å². The molecule has 5 N–H and O–H groups in total. The fourth-order valence-electron chi connectivity index (χ4n) is 1.23. The Hall–Kier alpha value is -1.89. The number of amides is 2. The molecule has 0 aliphatic rings. The molecule has 15 heavy (non-hydrogen) atoms. The number of nitrogens with one attached hydrogen (secondary N) is 1. The van der Waals surface area contributed by atoms with Crippen LogP contribution in [0.25, 0.3) is 0 Å². The highest BCUT2D eigenvalue weighted by Crippen LogP contribution is 2.10. The Bertz CT molecular complexity index is 373. The number of primary amides is 1. The van der Waals surface area contributed by atoms with Crippen molar-refractivity contribution < 1.29 is 9.59 Å². The number of aromatic nitrogens is 2. The first-order chi connectivity index (χ1) is 7.10. The summed E-state index contributed by atoms with van der Waals surface area (Å²) in [6, 6.07) is 0.928. The lowest BCUT2D eigenvalue weighted by Crippen LogP contribution is -2.37. The molecule has 1 aromatic rings. The summed E-state index contributed by atoms with van der Waals surface area (Å²) < 4.78 is 1.36. The van der Waals surface area contributed by atoms with Gasteiger partial charge in [-0.1, -0.05) is 6.92 Å². The molecule has 0 bridgehead atoms. The fourth-order valence-corrected chi connectivity index (χ4v) is 1.23. The molecule has 0 saturated carbocycles. The molecule has 0 spiro atoms. The van der Waals surface area contributed by atoms with Crippen molar-refractivity contribution in [3.63, 3.8) is 0 Å². The lowest BCUT2D eigenvalue weighted by atomic mass is 10.2. The summed E-state index contributed by atoms with van der Waals surface area (Å²) in [4.78, 5) is 22.1. The molecule has 7 heteroatoms. The van der Waals surface area contributed by atoms with Crippen LogP contribution in [0.1, 0.15) is 29.9 Å². The molecule has 0 aliphatic heterocycles. The van der Waals surface area contributed by atoms with Gasteiger partial charge in [-0.05, 0) is 12.5 Å². The smallest absolute Gasteiger partial charge is 0.269 e. The molecule has 7 nitrogen and oxygen atoms in total.